The van der Waals surface area contributed by atoms with Gasteiger partial charge in [-0.1, -0.05) is 0 Å². The number of aliphatic hydroxyl groups excluding tert-OH is 20. The summed E-state index contributed by atoms with van der Waals surface area (Å²) in [4.78, 5) is 0. The van der Waals surface area contributed by atoms with E-state index in [9.17, 15) is 102 Å². The number of hydrogen-bond acceptors (Lipinski definition) is 31. The quantitative estimate of drug-likeness (QED) is 0.0683. The summed E-state index contributed by atoms with van der Waals surface area (Å²) in [5.74, 6) is 0. The third-order valence-electron chi connectivity index (χ3n) is 12.4. The molecule has 6 fully saturated rings. The van der Waals surface area contributed by atoms with Crippen molar-refractivity contribution in [2.75, 3.05) is 39.6 Å². The Hall–Kier alpha value is -1.24. The number of rotatable bonds is 16. The minimum Gasteiger partial charge on any atom is -0.394 e. The molecule has 6 rings (SSSR count). The van der Waals surface area contributed by atoms with Gasteiger partial charge in [-0.2, -0.15) is 0 Å². The Morgan fingerprint density at radius 2 is 0.522 bits per heavy atom. The molecule has 0 radical (unpaired) electrons. The maximum atomic E-state index is 11.1. The molecule has 31 nitrogen and oxygen atoms in total. The van der Waals surface area contributed by atoms with Gasteiger partial charge >= 0.3 is 0 Å². The lowest BCUT2D eigenvalue weighted by Gasteiger charge is -2.48. The van der Waals surface area contributed by atoms with Gasteiger partial charge in [0.2, 0.25) is 0 Å². The lowest BCUT2D eigenvalue weighted by molar-refractivity contribution is -0.383. The van der Waals surface area contributed by atoms with Crippen LogP contribution in [0.5, 0.6) is 0 Å². The van der Waals surface area contributed by atoms with Gasteiger partial charge in [-0.3, -0.25) is 0 Å². The fraction of sp³-hybridized carbons (Fsp3) is 1.00. The molecule has 6 aliphatic rings. The molecule has 30 atom stereocenters. The summed E-state index contributed by atoms with van der Waals surface area (Å²) in [5, 5.41) is 208. The van der Waals surface area contributed by atoms with E-state index in [1.165, 1.54) is 0 Å². The first kappa shape index (κ1) is 55.1. The van der Waals surface area contributed by atoms with Crippen molar-refractivity contribution >= 4 is 0 Å². The van der Waals surface area contributed by atoms with Crippen molar-refractivity contribution in [3.8, 4) is 0 Å². The molecule has 31 heteroatoms. The molecule has 6 saturated heterocycles. The molecule has 0 aromatic heterocycles. The fourth-order valence-corrected chi connectivity index (χ4v) is 8.31. The molecule has 0 bridgehead atoms. The van der Waals surface area contributed by atoms with E-state index in [2.05, 4.69) is 0 Å². The van der Waals surface area contributed by atoms with Crippen LogP contribution in [0, 0.1) is 0 Å². The molecular weight excluding hydrogens is 928 g/mol. The first-order chi connectivity index (χ1) is 31.7. The Morgan fingerprint density at radius 1 is 0.254 bits per heavy atom. The lowest BCUT2D eigenvalue weighted by Crippen LogP contribution is -2.67. The zero-order chi connectivity index (χ0) is 49.3. The van der Waals surface area contributed by atoms with E-state index in [1.807, 2.05) is 0 Å². The molecule has 6 aliphatic heterocycles. The van der Waals surface area contributed by atoms with Crippen LogP contribution in [0.15, 0.2) is 0 Å². The van der Waals surface area contributed by atoms with E-state index in [0.29, 0.717) is 0 Å². The van der Waals surface area contributed by atoms with Gasteiger partial charge < -0.3 is 154 Å². The standard InChI is InChI=1S/C36H62O31/c37-1-7-13(41)17(45)23(51)34(60-7)65-30-10(4-40)63-36(27(55)21(30)49)67-29-9(3-39)62-33(26(54)20(29)48)58-6-12-15(43)18(46)24(52)35(64-12)66-28-8(2-38)61-32(25(53)19(28)47)57-5-11-14(42)16(44)22(50)31(56)59-11/h7-56H,1-6H2/t7-,8-,9-,10-,11-,12-,13-,14-,15-,16+,17+,18+,19-,20-,21-,22-,23-,24-,25-,26-,27-,28-,29-,30-,31?,32+,33+,34-,35-,36-/m1/s1. The average Bonchev–Trinajstić information content (AvgIpc) is 3.32. The predicted molar refractivity (Wildman–Crippen MR) is 199 cm³/mol. The van der Waals surface area contributed by atoms with Crippen molar-refractivity contribution < 1.29 is 154 Å². The first-order valence-electron chi connectivity index (χ1n) is 21.1. The summed E-state index contributed by atoms with van der Waals surface area (Å²) in [6.07, 6.45) is -55.4. The van der Waals surface area contributed by atoms with Gasteiger partial charge in [-0.05, 0) is 0 Å². The van der Waals surface area contributed by atoms with E-state index >= 15 is 0 Å². The van der Waals surface area contributed by atoms with E-state index < -0.39 is 224 Å². The highest BCUT2D eigenvalue weighted by Gasteiger charge is 2.56. The maximum absolute atomic E-state index is 11.1. The Morgan fingerprint density at radius 3 is 0.896 bits per heavy atom. The Labute approximate surface area is 378 Å². The second-order valence-corrected chi connectivity index (χ2v) is 16.8. The van der Waals surface area contributed by atoms with Crippen LogP contribution in [0.4, 0.5) is 0 Å². The van der Waals surface area contributed by atoms with Crippen molar-refractivity contribution in [1.29, 1.82) is 0 Å². The van der Waals surface area contributed by atoms with Crippen LogP contribution in [0.2, 0.25) is 0 Å². The van der Waals surface area contributed by atoms with Crippen LogP contribution in [0.3, 0.4) is 0 Å². The number of hydrogen-bond donors (Lipinski definition) is 20. The van der Waals surface area contributed by atoms with Gasteiger partial charge in [0, 0.05) is 0 Å². The highest BCUT2D eigenvalue weighted by atomic mass is 16.8. The molecule has 0 saturated carbocycles. The van der Waals surface area contributed by atoms with Crippen LogP contribution >= 0.6 is 0 Å². The van der Waals surface area contributed by atoms with E-state index in [-0.39, 0.29) is 0 Å². The zero-order valence-electron chi connectivity index (χ0n) is 35.0. The molecule has 0 spiro atoms. The van der Waals surface area contributed by atoms with Gasteiger partial charge in [-0.25, -0.2) is 0 Å². The van der Waals surface area contributed by atoms with Gasteiger partial charge in [0.05, 0.1) is 39.6 Å². The molecule has 0 aliphatic carbocycles. The zero-order valence-corrected chi connectivity index (χ0v) is 35.0. The van der Waals surface area contributed by atoms with E-state index in [1.54, 1.807) is 0 Å². The van der Waals surface area contributed by atoms with Crippen LogP contribution in [-0.4, -0.2) is 326 Å². The molecule has 392 valence electrons. The average molecular weight is 991 g/mol. The van der Waals surface area contributed by atoms with Gasteiger partial charge in [0.15, 0.2) is 37.7 Å². The summed E-state index contributed by atoms with van der Waals surface area (Å²) < 4.78 is 60.2. The van der Waals surface area contributed by atoms with Crippen molar-refractivity contribution in [1.82, 2.24) is 0 Å². The van der Waals surface area contributed by atoms with Crippen LogP contribution < -0.4 is 0 Å². The number of aliphatic hydroxyl groups is 20. The summed E-state index contributed by atoms with van der Waals surface area (Å²) in [6, 6.07) is 0. The second kappa shape index (κ2) is 23.5. The SMILES string of the molecule is OC[C@H]1O[C@H](O[C@H]2[C@H](O)[C@@H](O)[C@@H](O[C@H]3[C@H](O)[C@@H](O)[C@@H](OC[C@H]4O[C@H](O[C@H]5[C@H](O)[C@@H](O)[C@@H](OC[C@H]6OC(O)[C@H](O)[C@@H](O)[C@@H]6O)O[C@@H]5CO)[C@H](O)[C@@H](O)[C@@H]4O)O[C@@H]3CO)O[C@@H]2CO)[C@H](O)[C@@H](O)[C@@H]1O. The van der Waals surface area contributed by atoms with Gasteiger partial charge in [0.1, 0.15) is 146 Å². The van der Waals surface area contributed by atoms with Crippen LogP contribution in [0.25, 0.3) is 0 Å². The Balaban J connectivity index is 1.04. The monoisotopic (exact) mass is 990 g/mol. The highest BCUT2D eigenvalue weighted by Crippen LogP contribution is 2.35. The topological polar surface area (TPSA) is 506 Å². The molecule has 0 aromatic carbocycles. The molecule has 0 amide bonds. The van der Waals surface area contributed by atoms with Crippen molar-refractivity contribution in [3.05, 3.63) is 0 Å². The third kappa shape index (κ3) is 11.5. The second-order valence-electron chi connectivity index (χ2n) is 16.8. The third-order valence-corrected chi connectivity index (χ3v) is 12.4. The van der Waals surface area contributed by atoms with Crippen molar-refractivity contribution in [2.24, 2.45) is 0 Å². The lowest BCUT2D eigenvalue weighted by atomic mass is 9.96. The minimum atomic E-state index is -2.09. The van der Waals surface area contributed by atoms with Gasteiger partial charge in [-0.15, -0.1) is 0 Å². The number of ether oxygens (including phenoxy) is 11. The largest absolute Gasteiger partial charge is 0.394 e. The molecule has 67 heavy (non-hydrogen) atoms. The minimum absolute atomic E-state index is 0.692. The first-order valence-corrected chi connectivity index (χ1v) is 21.1. The van der Waals surface area contributed by atoms with Crippen molar-refractivity contribution in [3.63, 3.8) is 0 Å². The molecule has 20 N–H and O–H groups in total. The highest BCUT2D eigenvalue weighted by molar-refractivity contribution is 4.98. The van der Waals surface area contributed by atoms with E-state index in [0.717, 1.165) is 0 Å². The summed E-state index contributed by atoms with van der Waals surface area (Å²) in [6.45, 7) is -5.22. The maximum Gasteiger partial charge on any atom is 0.187 e. The Bertz CT molecular complexity index is 1500. The fourth-order valence-electron chi connectivity index (χ4n) is 8.31. The summed E-state index contributed by atoms with van der Waals surface area (Å²) in [5.41, 5.74) is 0. The van der Waals surface area contributed by atoms with E-state index in [4.69, 9.17) is 52.1 Å². The molecular formula is C36H62O31. The Kier molecular flexibility index (Phi) is 19.4. The van der Waals surface area contributed by atoms with Gasteiger partial charge in [0.25, 0.3) is 0 Å². The smallest absolute Gasteiger partial charge is 0.187 e. The molecule has 1 unspecified atom stereocenters. The molecule has 6 heterocycles. The summed E-state index contributed by atoms with van der Waals surface area (Å²) >= 11 is 0. The normalized spacial score (nSPS) is 53.4. The summed E-state index contributed by atoms with van der Waals surface area (Å²) in [7, 11) is 0. The van der Waals surface area contributed by atoms with Crippen LogP contribution in [0.1, 0.15) is 0 Å². The molecule has 0 aromatic rings. The van der Waals surface area contributed by atoms with Crippen LogP contribution in [-0.2, 0) is 52.1 Å². The van der Waals surface area contributed by atoms with Crippen molar-refractivity contribution in [2.45, 2.75) is 184 Å². The predicted octanol–water partition coefficient (Wildman–Crippen LogP) is -14.1.